The first-order chi connectivity index (χ1) is 15.6. The Bertz CT molecular complexity index is 1230. The fourth-order valence-corrected chi connectivity index (χ4v) is 3.41. The molecule has 2 aromatic carbocycles. The van der Waals surface area contributed by atoms with Gasteiger partial charge >= 0.3 is 17.3 Å². The van der Waals surface area contributed by atoms with Gasteiger partial charge in [-0.15, -0.1) is 0 Å². The summed E-state index contributed by atoms with van der Waals surface area (Å²) in [6.45, 7) is 0. The third kappa shape index (κ3) is 4.44. The van der Waals surface area contributed by atoms with Crippen molar-refractivity contribution in [3.05, 3.63) is 36.4 Å². The number of ether oxygens (including phenoxy) is 2. The Morgan fingerprint density at radius 1 is 0.882 bits per heavy atom. The number of carboxylic acid groups (broad SMARTS) is 1. The fraction of sp³-hybridized carbons (Fsp3) is 0.238. The van der Waals surface area contributed by atoms with Gasteiger partial charge in [0.25, 0.3) is 0 Å². The second-order valence-corrected chi connectivity index (χ2v) is 7.37. The predicted octanol–water partition coefficient (Wildman–Crippen LogP) is -2.52. The molecule has 1 aliphatic heterocycles. The molecule has 1 fully saturated rings. The van der Waals surface area contributed by atoms with Crippen LogP contribution in [0.5, 0.6) is 28.7 Å². The maximum absolute atomic E-state index is 11.4. The number of carboxylic acids is 1. The predicted molar refractivity (Wildman–Crippen MR) is 108 cm³/mol. The zero-order chi connectivity index (χ0) is 24.0. The molecule has 182 valence electrons. The van der Waals surface area contributed by atoms with Gasteiger partial charge in [0, 0.05) is 18.2 Å². The average molecular weight is 499 g/mol. The van der Waals surface area contributed by atoms with E-state index >= 15 is 0 Å². The van der Waals surface area contributed by atoms with Crippen LogP contribution in [0.3, 0.4) is 0 Å². The highest BCUT2D eigenvalue weighted by molar-refractivity contribution is 5.88. The topological polar surface area (TPSA) is 209 Å². The van der Waals surface area contributed by atoms with Crippen molar-refractivity contribution in [3.63, 3.8) is 0 Å². The minimum Gasteiger partial charge on any atom is -1.00 e. The van der Waals surface area contributed by atoms with Gasteiger partial charge < -0.3 is 62.7 Å². The summed E-state index contributed by atoms with van der Waals surface area (Å²) in [4.78, 5) is 11.4. The molecule has 8 N–H and O–H groups in total. The largest absolute Gasteiger partial charge is 1.00 e. The molecule has 4 rings (SSSR count). The highest BCUT2D eigenvalue weighted by atomic mass is 35.5. The molecule has 0 amide bonds. The average Bonchev–Trinajstić information content (AvgIpc) is 2.75. The van der Waals surface area contributed by atoms with Crippen molar-refractivity contribution in [3.8, 4) is 40.1 Å². The van der Waals surface area contributed by atoms with E-state index in [4.69, 9.17) is 13.9 Å². The lowest BCUT2D eigenvalue weighted by molar-refractivity contribution is -0.271. The number of fused-ring (bicyclic) bond motifs is 1. The fourth-order valence-electron chi connectivity index (χ4n) is 3.41. The Hall–Kier alpha value is -3.55. The van der Waals surface area contributed by atoms with Gasteiger partial charge in [-0.05, 0) is 12.1 Å². The third-order valence-corrected chi connectivity index (χ3v) is 5.11. The molecule has 0 aliphatic carbocycles. The van der Waals surface area contributed by atoms with Crippen molar-refractivity contribution in [2.75, 3.05) is 0 Å². The van der Waals surface area contributed by atoms with Crippen LogP contribution < -0.4 is 17.1 Å². The second kappa shape index (κ2) is 9.37. The summed E-state index contributed by atoms with van der Waals surface area (Å²) in [5, 5.41) is 78.9. The SMILES string of the molecule is O=C(O)C1OC(Oc2cc3c(O)cc(O)cc3[o+]c2-c2ccc(O)c(O)c2)C(O)C(O)C1O.[Cl-]. The van der Waals surface area contributed by atoms with E-state index in [-0.39, 0.29) is 46.2 Å². The quantitative estimate of drug-likeness (QED) is 0.138. The van der Waals surface area contributed by atoms with Gasteiger partial charge in [-0.1, -0.05) is 0 Å². The van der Waals surface area contributed by atoms with Crippen molar-refractivity contribution >= 4 is 16.9 Å². The summed E-state index contributed by atoms with van der Waals surface area (Å²) in [7, 11) is 0. The number of aliphatic hydroxyl groups is 3. The zero-order valence-electron chi connectivity index (χ0n) is 16.9. The summed E-state index contributed by atoms with van der Waals surface area (Å²) >= 11 is 0. The van der Waals surface area contributed by atoms with Gasteiger partial charge in [-0.25, -0.2) is 9.21 Å². The van der Waals surface area contributed by atoms with Gasteiger partial charge in [-0.2, -0.15) is 0 Å². The molecule has 2 heterocycles. The molecule has 0 bridgehead atoms. The van der Waals surface area contributed by atoms with Crippen molar-refractivity contribution in [2.45, 2.75) is 30.7 Å². The highest BCUT2D eigenvalue weighted by Gasteiger charge is 2.48. The normalized spacial score (nSPS) is 24.4. The lowest BCUT2D eigenvalue weighted by Gasteiger charge is -2.38. The first kappa shape index (κ1) is 25.1. The Morgan fingerprint density at radius 3 is 2.24 bits per heavy atom. The molecule has 1 saturated heterocycles. The van der Waals surface area contributed by atoms with Crippen LogP contribution in [0.1, 0.15) is 0 Å². The van der Waals surface area contributed by atoms with Gasteiger partial charge in [0.05, 0.1) is 11.6 Å². The standard InChI is InChI=1S/C21H18O12.ClH/c22-8-4-11(24)9-6-14(32-21-17(28)15(26)16(27)19(33-21)20(29)30)18(31-13(9)5-8)7-1-2-10(23)12(25)3-7;/h1-6,15-17,19,21,26-28H,(H4-,22,23,24,25,29,30);1H. The maximum atomic E-state index is 11.4. The van der Waals surface area contributed by atoms with Crippen LogP contribution in [-0.4, -0.2) is 77.5 Å². The number of phenols is 4. The van der Waals surface area contributed by atoms with E-state index in [1.165, 1.54) is 18.2 Å². The molecule has 1 aliphatic rings. The number of phenolic OH excluding ortho intramolecular Hbond substituents is 4. The molecular weight excluding hydrogens is 480 g/mol. The summed E-state index contributed by atoms with van der Waals surface area (Å²) in [6.07, 6.45) is -9.44. The Morgan fingerprint density at radius 2 is 1.59 bits per heavy atom. The molecule has 0 spiro atoms. The Labute approximate surface area is 196 Å². The van der Waals surface area contributed by atoms with Crippen LogP contribution in [0.2, 0.25) is 0 Å². The molecule has 13 heteroatoms. The van der Waals surface area contributed by atoms with Crippen LogP contribution in [0.4, 0.5) is 0 Å². The Kier molecular flexibility index (Phi) is 6.91. The van der Waals surface area contributed by atoms with E-state index in [0.29, 0.717) is 0 Å². The Balaban J connectivity index is 0.00000324. The van der Waals surface area contributed by atoms with Crippen molar-refractivity contribution < 1.29 is 71.9 Å². The van der Waals surface area contributed by atoms with E-state index in [9.17, 15) is 45.6 Å². The summed E-state index contributed by atoms with van der Waals surface area (Å²) in [5.41, 5.74) is 0.136. The third-order valence-electron chi connectivity index (χ3n) is 5.11. The summed E-state index contributed by atoms with van der Waals surface area (Å²) in [6, 6.07) is 7.06. The molecule has 3 aromatic rings. The number of hydrogen-bond donors (Lipinski definition) is 8. The number of aliphatic carboxylic acids is 1. The van der Waals surface area contributed by atoms with Crippen LogP contribution >= 0.6 is 0 Å². The van der Waals surface area contributed by atoms with E-state index in [0.717, 1.165) is 18.2 Å². The number of rotatable bonds is 4. The van der Waals surface area contributed by atoms with E-state index in [1.807, 2.05) is 0 Å². The number of aromatic hydroxyl groups is 4. The smallest absolute Gasteiger partial charge is 0.402 e. The van der Waals surface area contributed by atoms with Crippen LogP contribution in [-0.2, 0) is 9.53 Å². The molecule has 34 heavy (non-hydrogen) atoms. The molecule has 1 aromatic heterocycles. The number of halogens is 1. The first-order valence-corrected chi connectivity index (χ1v) is 9.51. The summed E-state index contributed by atoms with van der Waals surface area (Å²) < 4.78 is 16.5. The van der Waals surface area contributed by atoms with Crippen LogP contribution in [0, 0.1) is 0 Å². The van der Waals surface area contributed by atoms with Crippen molar-refractivity contribution in [1.29, 1.82) is 0 Å². The molecule has 0 saturated carbocycles. The second-order valence-electron chi connectivity index (χ2n) is 7.37. The van der Waals surface area contributed by atoms with Crippen molar-refractivity contribution in [2.24, 2.45) is 0 Å². The van der Waals surface area contributed by atoms with Crippen LogP contribution in [0.15, 0.2) is 40.8 Å². The lowest BCUT2D eigenvalue weighted by atomic mass is 9.99. The van der Waals surface area contributed by atoms with Crippen molar-refractivity contribution in [1.82, 2.24) is 0 Å². The molecule has 12 nitrogen and oxygen atoms in total. The molecular formula is C21H19ClO12. The zero-order valence-corrected chi connectivity index (χ0v) is 17.7. The van der Waals surface area contributed by atoms with Gasteiger partial charge in [0.15, 0.2) is 17.6 Å². The monoisotopic (exact) mass is 498 g/mol. The van der Waals surface area contributed by atoms with Crippen LogP contribution in [0.25, 0.3) is 22.3 Å². The number of carbonyl (C=O) groups is 1. The summed E-state index contributed by atoms with van der Waals surface area (Å²) in [5.74, 6) is -3.62. The van der Waals surface area contributed by atoms with Gasteiger partial charge in [0.2, 0.25) is 12.0 Å². The highest BCUT2D eigenvalue weighted by Crippen LogP contribution is 2.42. The maximum Gasteiger partial charge on any atom is 0.402 e. The minimum atomic E-state index is -1.93. The first-order valence-electron chi connectivity index (χ1n) is 9.51. The molecule has 0 radical (unpaired) electrons. The van der Waals surface area contributed by atoms with E-state index in [1.54, 1.807) is 0 Å². The minimum absolute atomic E-state index is 0. The van der Waals surface area contributed by atoms with E-state index in [2.05, 4.69) is 0 Å². The van der Waals surface area contributed by atoms with Gasteiger partial charge in [-0.3, -0.25) is 0 Å². The molecule has 5 atom stereocenters. The lowest BCUT2D eigenvalue weighted by Crippen LogP contribution is -3.00. The van der Waals surface area contributed by atoms with Gasteiger partial charge in [0.1, 0.15) is 35.2 Å². The number of aliphatic hydroxyl groups excluding tert-OH is 3. The molecule has 5 unspecified atom stereocenters. The van der Waals surface area contributed by atoms with E-state index < -0.39 is 53.9 Å². The number of benzene rings is 2. The number of hydrogen-bond acceptors (Lipinski definition) is 10.